The van der Waals surface area contributed by atoms with Gasteiger partial charge in [0.1, 0.15) is 11.7 Å². The number of hydrogen-bond donors (Lipinski definition) is 1. The Kier molecular flexibility index (Phi) is 4.85. The van der Waals surface area contributed by atoms with E-state index < -0.39 is 5.82 Å². The first-order valence-electron chi connectivity index (χ1n) is 4.40. The molecule has 5 heteroatoms. The molecule has 0 radical (unpaired) electrons. The number of benzene rings is 1. The zero-order valence-electron chi connectivity index (χ0n) is 7.90. The van der Waals surface area contributed by atoms with E-state index in [0.717, 1.165) is 0 Å². The monoisotopic (exact) mass is 249 g/mol. The third kappa shape index (κ3) is 3.68. The first kappa shape index (κ1) is 12.3. The number of nitrogens with one attached hydrogen (secondary N) is 1. The number of halogens is 3. The highest BCUT2D eigenvalue weighted by Gasteiger charge is 2.06. The predicted molar refractivity (Wildman–Crippen MR) is 58.8 cm³/mol. The Morgan fingerprint density at radius 3 is 2.87 bits per heavy atom. The second-order valence-electron chi connectivity index (χ2n) is 2.95. The van der Waals surface area contributed by atoms with Gasteiger partial charge in [-0.15, -0.1) is 11.6 Å². The minimum atomic E-state index is -0.431. The van der Waals surface area contributed by atoms with Gasteiger partial charge in [-0.25, -0.2) is 4.39 Å². The minimum absolute atomic E-state index is 0.0853. The Morgan fingerprint density at radius 2 is 2.20 bits per heavy atom. The summed E-state index contributed by atoms with van der Waals surface area (Å²) in [5, 5.41) is 2.64. The largest absolute Gasteiger partial charge is 0.355 e. The van der Waals surface area contributed by atoms with Gasteiger partial charge in [0.25, 0.3) is 0 Å². The summed E-state index contributed by atoms with van der Waals surface area (Å²) in [4.78, 5) is 10.8. The van der Waals surface area contributed by atoms with Crippen LogP contribution >= 0.6 is 23.2 Å². The van der Waals surface area contributed by atoms with Gasteiger partial charge in [-0.1, -0.05) is 23.7 Å². The molecule has 0 aliphatic carbocycles. The van der Waals surface area contributed by atoms with Gasteiger partial charge in [0.05, 0.1) is 5.02 Å². The lowest BCUT2D eigenvalue weighted by molar-refractivity contribution is -0.118. The van der Waals surface area contributed by atoms with Crippen LogP contribution in [0.1, 0.15) is 5.56 Å². The van der Waals surface area contributed by atoms with Crippen molar-refractivity contribution in [3.05, 3.63) is 34.6 Å². The first-order chi connectivity index (χ1) is 7.15. The molecule has 0 aliphatic rings. The summed E-state index contributed by atoms with van der Waals surface area (Å²) >= 11 is 10.9. The van der Waals surface area contributed by atoms with Crippen LogP contribution in [-0.2, 0) is 11.2 Å². The fraction of sp³-hybridized carbons (Fsp3) is 0.300. The molecule has 1 N–H and O–H groups in total. The predicted octanol–water partition coefficient (Wildman–Crippen LogP) is 2.38. The molecule has 1 amide bonds. The molecule has 0 heterocycles. The second kappa shape index (κ2) is 5.93. The normalized spacial score (nSPS) is 10.1. The molecule has 1 aromatic rings. The Morgan fingerprint density at radius 1 is 1.47 bits per heavy atom. The molecule has 0 bridgehead atoms. The summed E-state index contributed by atoms with van der Waals surface area (Å²) in [6, 6.07) is 4.79. The highest BCUT2D eigenvalue weighted by Crippen LogP contribution is 2.17. The van der Waals surface area contributed by atoms with Gasteiger partial charge in [0.15, 0.2) is 0 Å². The van der Waals surface area contributed by atoms with Crippen LogP contribution in [0.5, 0.6) is 0 Å². The maximum atomic E-state index is 13.3. The molecule has 1 aromatic carbocycles. The molecule has 1 rings (SSSR count). The summed E-state index contributed by atoms with van der Waals surface area (Å²) in [7, 11) is 0. The molecule has 0 fully saturated rings. The van der Waals surface area contributed by atoms with Crippen molar-refractivity contribution in [3.8, 4) is 0 Å². The van der Waals surface area contributed by atoms with Crippen LogP contribution in [0.25, 0.3) is 0 Å². The average molecular weight is 250 g/mol. The topological polar surface area (TPSA) is 29.1 Å². The van der Waals surface area contributed by atoms with E-state index in [1.54, 1.807) is 12.1 Å². The lowest BCUT2D eigenvalue weighted by Crippen LogP contribution is -2.26. The third-order valence-electron chi connectivity index (χ3n) is 1.87. The summed E-state index contributed by atoms with van der Waals surface area (Å²) < 4.78 is 13.3. The van der Waals surface area contributed by atoms with Crippen molar-refractivity contribution < 1.29 is 9.18 Å². The SMILES string of the molecule is O=C(CCl)NCCc1cccc(Cl)c1F. The summed E-state index contributed by atoms with van der Waals surface area (Å²) in [5.41, 5.74) is 0.484. The van der Waals surface area contributed by atoms with Crippen LogP contribution in [-0.4, -0.2) is 18.3 Å². The van der Waals surface area contributed by atoms with Crippen molar-refractivity contribution >= 4 is 29.1 Å². The van der Waals surface area contributed by atoms with Gasteiger partial charge in [-0.3, -0.25) is 4.79 Å². The smallest absolute Gasteiger partial charge is 0.234 e. The van der Waals surface area contributed by atoms with Gasteiger partial charge in [-0.2, -0.15) is 0 Å². The van der Waals surface area contributed by atoms with Crippen LogP contribution in [0.15, 0.2) is 18.2 Å². The van der Waals surface area contributed by atoms with Crippen molar-refractivity contribution in [3.63, 3.8) is 0 Å². The molecule has 0 spiro atoms. The number of alkyl halides is 1. The van der Waals surface area contributed by atoms with Gasteiger partial charge < -0.3 is 5.32 Å². The lowest BCUT2D eigenvalue weighted by atomic mass is 10.1. The molecule has 0 aliphatic heterocycles. The minimum Gasteiger partial charge on any atom is -0.355 e. The van der Waals surface area contributed by atoms with Crippen molar-refractivity contribution in [1.29, 1.82) is 0 Å². The molecule has 2 nitrogen and oxygen atoms in total. The molecule has 15 heavy (non-hydrogen) atoms. The molecule has 0 atom stereocenters. The Hall–Kier alpha value is -0.800. The quantitative estimate of drug-likeness (QED) is 0.816. The van der Waals surface area contributed by atoms with E-state index in [2.05, 4.69) is 5.32 Å². The second-order valence-corrected chi connectivity index (χ2v) is 3.62. The maximum absolute atomic E-state index is 13.3. The molecule has 82 valence electrons. The van der Waals surface area contributed by atoms with E-state index in [1.807, 2.05) is 0 Å². The maximum Gasteiger partial charge on any atom is 0.234 e. The van der Waals surface area contributed by atoms with Gasteiger partial charge >= 0.3 is 0 Å². The van der Waals surface area contributed by atoms with E-state index >= 15 is 0 Å². The van der Waals surface area contributed by atoms with Gasteiger partial charge in [-0.05, 0) is 18.1 Å². The molecular weight excluding hydrogens is 240 g/mol. The van der Waals surface area contributed by atoms with Crippen molar-refractivity contribution in [2.45, 2.75) is 6.42 Å². The molecule has 0 aromatic heterocycles. The lowest BCUT2D eigenvalue weighted by Gasteiger charge is -2.05. The number of rotatable bonds is 4. The molecule has 0 unspecified atom stereocenters. The average Bonchev–Trinajstić information content (AvgIpc) is 2.24. The number of amides is 1. The summed E-state index contributed by atoms with van der Waals surface area (Å²) in [6.45, 7) is 0.350. The standard InChI is InChI=1S/C10H10Cl2FNO/c11-6-9(15)14-5-4-7-2-1-3-8(12)10(7)13/h1-3H,4-6H2,(H,14,15). The van der Waals surface area contributed by atoms with Gasteiger partial charge in [0.2, 0.25) is 5.91 Å². The van der Waals surface area contributed by atoms with Crippen molar-refractivity contribution in [2.24, 2.45) is 0 Å². The Labute approximate surface area is 97.4 Å². The van der Waals surface area contributed by atoms with E-state index in [9.17, 15) is 9.18 Å². The Balaban J connectivity index is 2.51. The molecule has 0 saturated carbocycles. The molecule has 0 saturated heterocycles. The first-order valence-corrected chi connectivity index (χ1v) is 5.32. The van der Waals surface area contributed by atoms with Crippen molar-refractivity contribution in [1.82, 2.24) is 5.32 Å². The van der Waals surface area contributed by atoms with E-state index in [0.29, 0.717) is 18.5 Å². The number of carbonyl (C=O) groups is 1. The van der Waals surface area contributed by atoms with E-state index in [-0.39, 0.29) is 16.8 Å². The van der Waals surface area contributed by atoms with Crippen LogP contribution in [0.2, 0.25) is 5.02 Å². The van der Waals surface area contributed by atoms with Gasteiger partial charge in [0, 0.05) is 6.54 Å². The van der Waals surface area contributed by atoms with E-state index in [1.165, 1.54) is 6.07 Å². The molecular formula is C10H10Cl2FNO. The van der Waals surface area contributed by atoms with Crippen LogP contribution < -0.4 is 5.32 Å². The number of carbonyl (C=O) groups excluding carboxylic acids is 1. The third-order valence-corrected chi connectivity index (χ3v) is 2.40. The van der Waals surface area contributed by atoms with Crippen LogP contribution in [0, 0.1) is 5.82 Å². The highest BCUT2D eigenvalue weighted by atomic mass is 35.5. The highest BCUT2D eigenvalue weighted by molar-refractivity contribution is 6.30. The number of hydrogen-bond acceptors (Lipinski definition) is 1. The van der Waals surface area contributed by atoms with Crippen LogP contribution in [0.3, 0.4) is 0 Å². The summed E-state index contributed by atoms with van der Waals surface area (Å²) in [5.74, 6) is -0.781. The van der Waals surface area contributed by atoms with Crippen LogP contribution in [0.4, 0.5) is 4.39 Å². The Bertz CT molecular complexity index is 357. The van der Waals surface area contributed by atoms with Crippen molar-refractivity contribution in [2.75, 3.05) is 12.4 Å². The fourth-order valence-electron chi connectivity index (χ4n) is 1.13. The fourth-order valence-corrected chi connectivity index (χ4v) is 1.41. The van der Waals surface area contributed by atoms with E-state index in [4.69, 9.17) is 23.2 Å². The summed E-state index contributed by atoms with van der Waals surface area (Å²) in [6.07, 6.45) is 0.398. The zero-order valence-corrected chi connectivity index (χ0v) is 9.41. The zero-order chi connectivity index (χ0) is 11.3.